The Morgan fingerprint density at radius 1 is 1.21 bits per heavy atom. The fourth-order valence-corrected chi connectivity index (χ4v) is 2.39. The molecule has 0 aliphatic heterocycles. The summed E-state index contributed by atoms with van der Waals surface area (Å²) in [6.45, 7) is 3.42. The molecule has 0 saturated carbocycles. The molecule has 1 amide bonds. The van der Waals surface area contributed by atoms with Crippen molar-refractivity contribution in [2.45, 2.75) is 25.1 Å². The van der Waals surface area contributed by atoms with Gasteiger partial charge in [-0.15, -0.1) is 0 Å². The average molecular weight is 346 g/mol. The first kappa shape index (κ1) is 17.9. The second-order valence-electron chi connectivity index (χ2n) is 4.97. The lowest BCUT2D eigenvalue weighted by Gasteiger charge is -2.13. The first-order valence-corrected chi connectivity index (χ1v) is 8.34. The lowest BCUT2D eigenvalue weighted by Crippen LogP contribution is -2.32. The molecule has 0 aromatic carbocycles. The largest absolute Gasteiger partial charge is 0.460 e. The quantitative estimate of drug-likeness (QED) is 0.463. The molecule has 1 unspecified atom stereocenters. The molecule has 2 heterocycles. The van der Waals surface area contributed by atoms with E-state index in [1.807, 2.05) is 18.2 Å². The molecule has 1 atom stereocenters. The number of carbonyl (C=O) groups excluding carboxylic acids is 2. The molecule has 2 aromatic heterocycles. The highest BCUT2D eigenvalue weighted by Crippen LogP contribution is 2.18. The fraction of sp³-hybridized carbons (Fsp3) is 0.312. The Morgan fingerprint density at radius 2 is 2.04 bits per heavy atom. The highest BCUT2D eigenvalue weighted by molar-refractivity contribution is 7.99. The maximum absolute atomic E-state index is 11.8. The van der Waals surface area contributed by atoms with Crippen molar-refractivity contribution in [2.75, 3.05) is 12.3 Å². The Morgan fingerprint density at radius 3 is 2.75 bits per heavy atom. The molecule has 0 saturated heterocycles. The van der Waals surface area contributed by atoms with Gasteiger partial charge in [0.2, 0.25) is 5.91 Å². The molecule has 0 fully saturated rings. The maximum atomic E-state index is 11.8. The zero-order valence-electron chi connectivity index (χ0n) is 13.4. The van der Waals surface area contributed by atoms with Crippen molar-refractivity contribution in [3.8, 4) is 11.4 Å². The lowest BCUT2D eigenvalue weighted by atomic mass is 10.3. The Kier molecular flexibility index (Phi) is 6.68. The maximum Gasteiger partial charge on any atom is 0.316 e. The summed E-state index contributed by atoms with van der Waals surface area (Å²) in [4.78, 5) is 35.4. The molecule has 1 N–H and O–H groups in total. The lowest BCUT2D eigenvalue weighted by molar-refractivity contribution is -0.145. The molecular weight excluding hydrogens is 328 g/mol. The SMILES string of the molecule is CC(=O)NCC(C)OC(=O)CSc1nccc(-c2ccccn2)n1. The highest BCUT2D eigenvalue weighted by Gasteiger charge is 2.12. The molecule has 2 aromatic rings. The molecule has 24 heavy (non-hydrogen) atoms. The van der Waals surface area contributed by atoms with Gasteiger partial charge in [0.15, 0.2) is 5.16 Å². The number of carbonyl (C=O) groups is 2. The van der Waals surface area contributed by atoms with Crippen molar-refractivity contribution in [1.82, 2.24) is 20.3 Å². The number of ether oxygens (including phenoxy) is 1. The summed E-state index contributed by atoms with van der Waals surface area (Å²) in [5, 5.41) is 3.07. The van der Waals surface area contributed by atoms with E-state index in [-0.39, 0.29) is 30.3 Å². The standard InChI is InChI=1S/C16H18N4O3S/c1-11(9-19-12(2)21)23-15(22)10-24-16-18-8-6-14(20-16)13-5-3-4-7-17-13/h3-8,11H,9-10H2,1-2H3,(H,19,21). The monoisotopic (exact) mass is 346 g/mol. The van der Waals surface area contributed by atoms with Gasteiger partial charge in [0.25, 0.3) is 0 Å². The topological polar surface area (TPSA) is 94.1 Å². The van der Waals surface area contributed by atoms with Gasteiger partial charge in [-0.3, -0.25) is 14.6 Å². The number of aromatic nitrogens is 3. The number of pyridine rings is 1. The molecular formula is C16H18N4O3S. The summed E-state index contributed by atoms with van der Waals surface area (Å²) in [5.74, 6) is -0.451. The number of amides is 1. The van der Waals surface area contributed by atoms with Crippen LogP contribution < -0.4 is 5.32 Å². The van der Waals surface area contributed by atoms with Gasteiger partial charge in [-0.25, -0.2) is 9.97 Å². The normalized spacial score (nSPS) is 11.6. The summed E-state index contributed by atoms with van der Waals surface area (Å²) in [7, 11) is 0. The third-order valence-electron chi connectivity index (χ3n) is 2.85. The third-order valence-corrected chi connectivity index (χ3v) is 3.69. The summed E-state index contributed by atoms with van der Waals surface area (Å²) >= 11 is 1.19. The van der Waals surface area contributed by atoms with Gasteiger partial charge < -0.3 is 10.1 Å². The number of hydrogen-bond donors (Lipinski definition) is 1. The summed E-state index contributed by atoms with van der Waals surface area (Å²) in [6.07, 6.45) is 2.94. The second kappa shape index (κ2) is 8.97. The van der Waals surface area contributed by atoms with Gasteiger partial charge >= 0.3 is 5.97 Å². The van der Waals surface area contributed by atoms with Crippen molar-refractivity contribution in [3.05, 3.63) is 36.7 Å². The minimum atomic E-state index is -0.386. The van der Waals surface area contributed by atoms with Crippen LogP contribution in [0.1, 0.15) is 13.8 Å². The van der Waals surface area contributed by atoms with Crippen LogP contribution in [0, 0.1) is 0 Å². The second-order valence-corrected chi connectivity index (χ2v) is 5.91. The molecule has 0 spiro atoms. The third kappa shape index (κ3) is 5.96. The molecule has 0 aliphatic carbocycles. The predicted octanol–water partition coefficient (Wildman–Crippen LogP) is 1.70. The highest BCUT2D eigenvalue weighted by atomic mass is 32.2. The molecule has 0 aliphatic rings. The van der Waals surface area contributed by atoms with E-state index in [0.717, 1.165) is 5.69 Å². The van der Waals surface area contributed by atoms with Crippen molar-refractivity contribution in [3.63, 3.8) is 0 Å². The first-order valence-electron chi connectivity index (χ1n) is 7.36. The molecule has 2 rings (SSSR count). The van der Waals surface area contributed by atoms with E-state index < -0.39 is 0 Å². The first-order chi connectivity index (χ1) is 11.5. The van der Waals surface area contributed by atoms with Crippen LogP contribution in [0.4, 0.5) is 0 Å². The summed E-state index contributed by atoms with van der Waals surface area (Å²) in [5.41, 5.74) is 1.44. The van der Waals surface area contributed by atoms with E-state index in [9.17, 15) is 9.59 Å². The van der Waals surface area contributed by atoms with Crippen LogP contribution in [0.15, 0.2) is 41.8 Å². The number of thioether (sulfide) groups is 1. The van der Waals surface area contributed by atoms with E-state index in [0.29, 0.717) is 10.9 Å². The minimum absolute atomic E-state index is 0.0933. The number of rotatable bonds is 7. The van der Waals surface area contributed by atoms with E-state index in [1.165, 1.54) is 18.7 Å². The van der Waals surface area contributed by atoms with Crippen LogP contribution in [0.25, 0.3) is 11.4 Å². The predicted molar refractivity (Wildman–Crippen MR) is 90.2 cm³/mol. The van der Waals surface area contributed by atoms with Gasteiger partial charge in [0.05, 0.1) is 23.7 Å². The molecule has 126 valence electrons. The van der Waals surface area contributed by atoms with Crippen LogP contribution in [-0.2, 0) is 14.3 Å². The van der Waals surface area contributed by atoms with Crippen LogP contribution >= 0.6 is 11.8 Å². The van der Waals surface area contributed by atoms with E-state index >= 15 is 0 Å². The number of esters is 1. The van der Waals surface area contributed by atoms with Crippen molar-refractivity contribution in [2.24, 2.45) is 0 Å². The van der Waals surface area contributed by atoms with E-state index in [1.54, 1.807) is 25.4 Å². The molecule has 8 heteroatoms. The van der Waals surface area contributed by atoms with Crippen LogP contribution in [-0.4, -0.2) is 45.2 Å². The Labute approximate surface area is 144 Å². The van der Waals surface area contributed by atoms with Crippen LogP contribution in [0.3, 0.4) is 0 Å². The number of hydrogen-bond acceptors (Lipinski definition) is 7. The summed E-state index contributed by atoms with van der Waals surface area (Å²) < 4.78 is 5.19. The van der Waals surface area contributed by atoms with E-state index in [4.69, 9.17) is 4.74 Å². The van der Waals surface area contributed by atoms with E-state index in [2.05, 4.69) is 20.3 Å². The van der Waals surface area contributed by atoms with Gasteiger partial charge in [0, 0.05) is 19.3 Å². The zero-order valence-corrected chi connectivity index (χ0v) is 14.2. The van der Waals surface area contributed by atoms with Crippen LogP contribution in [0.5, 0.6) is 0 Å². The summed E-state index contributed by atoms with van der Waals surface area (Å²) in [6, 6.07) is 7.33. The van der Waals surface area contributed by atoms with Gasteiger partial charge in [0.1, 0.15) is 6.10 Å². The van der Waals surface area contributed by atoms with Gasteiger partial charge in [-0.05, 0) is 25.1 Å². The van der Waals surface area contributed by atoms with Crippen molar-refractivity contribution >= 4 is 23.6 Å². The molecule has 0 bridgehead atoms. The fourth-order valence-electron chi connectivity index (χ4n) is 1.78. The van der Waals surface area contributed by atoms with Gasteiger partial charge in [-0.2, -0.15) is 0 Å². The average Bonchev–Trinajstić information content (AvgIpc) is 2.59. The zero-order chi connectivity index (χ0) is 17.4. The Hall–Kier alpha value is -2.48. The van der Waals surface area contributed by atoms with Crippen molar-refractivity contribution in [1.29, 1.82) is 0 Å². The molecule has 0 radical (unpaired) electrons. The van der Waals surface area contributed by atoms with Crippen LogP contribution in [0.2, 0.25) is 0 Å². The minimum Gasteiger partial charge on any atom is -0.460 e. The van der Waals surface area contributed by atoms with Gasteiger partial charge in [-0.1, -0.05) is 17.8 Å². The molecule has 7 nitrogen and oxygen atoms in total. The smallest absolute Gasteiger partial charge is 0.316 e. The Bertz CT molecular complexity index is 697. The van der Waals surface area contributed by atoms with Crippen molar-refractivity contribution < 1.29 is 14.3 Å². The number of nitrogens with one attached hydrogen (secondary N) is 1. The Balaban J connectivity index is 1.86. The number of nitrogens with zero attached hydrogens (tertiary/aromatic N) is 3.